The van der Waals surface area contributed by atoms with Crippen molar-refractivity contribution in [3.63, 3.8) is 0 Å². The number of methoxy groups -OCH3 is 1. The largest absolute Gasteiger partial charge is 0.496 e. The average molecular weight is 358 g/mol. The monoisotopic (exact) mass is 358 g/mol. The Hall–Kier alpha value is -3.00. The molecule has 3 rings (SSSR count). The maximum absolute atomic E-state index is 12.1. The number of para-hydroxylation sites is 1. The molecule has 0 aliphatic heterocycles. The Kier molecular flexibility index (Phi) is 5.20. The second-order valence-electron chi connectivity index (χ2n) is 4.90. The molecular weight excluding hydrogens is 344 g/mol. The zero-order valence-corrected chi connectivity index (χ0v) is 14.1. The van der Waals surface area contributed by atoms with Gasteiger partial charge in [0.2, 0.25) is 0 Å². The average Bonchev–Trinajstić information content (AvgIpc) is 3.13. The standard InChI is InChI=1S/C17H14N2O5S/c1-22-14-8-3-2-5-11(14)16(20)23-9-10-24-17(21)12-6-4-7-13-15(12)25-19-18-13/h2-8H,9-10H2,1H3. The third-order valence-electron chi connectivity index (χ3n) is 3.37. The molecule has 0 radical (unpaired) electrons. The summed E-state index contributed by atoms with van der Waals surface area (Å²) in [5.74, 6) is -0.624. The minimum atomic E-state index is -0.540. The van der Waals surface area contributed by atoms with Gasteiger partial charge in [-0.15, -0.1) is 5.10 Å². The minimum Gasteiger partial charge on any atom is -0.496 e. The van der Waals surface area contributed by atoms with Crippen LogP contribution in [0.1, 0.15) is 20.7 Å². The molecular formula is C17H14N2O5S. The SMILES string of the molecule is COc1ccccc1C(=O)OCCOC(=O)c1cccc2nnsc12. The van der Waals surface area contributed by atoms with Crippen molar-refractivity contribution in [3.8, 4) is 5.75 Å². The molecule has 0 aliphatic carbocycles. The molecule has 0 unspecified atom stereocenters. The topological polar surface area (TPSA) is 87.6 Å². The lowest BCUT2D eigenvalue weighted by Crippen LogP contribution is -2.14. The van der Waals surface area contributed by atoms with Crippen LogP contribution < -0.4 is 4.74 Å². The van der Waals surface area contributed by atoms with Gasteiger partial charge in [-0.05, 0) is 35.8 Å². The summed E-state index contributed by atoms with van der Waals surface area (Å²) in [4.78, 5) is 24.2. The number of ether oxygens (including phenoxy) is 3. The normalized spacial score (nSPS) is 10.4. The van der Waals surface area contributed by atoms with Crippen LogP contribution in [0.2, 0.25) is 0 Å². The molecule has 0 spiro atoms. The van der Waals surface area contributed by atoms with Crippen LogP contribution in [0.5, 0.6) is 5.75 Å². The fourth-order valence-electron chi connectivity index (χ4n) is 2.20. The van der Waals surface area contributed by atoms with E-state index in [1.807, 2.05) is 0 Å². The highest BCUT2D eigenvalue weighted by Gasteiger charge is 2.15. The van der Waals surface area contributed by atoms with Crippen molar-refractivity contribution < 1.29 is 23.8 Å². The van der Waals surface area contributed by atoms with E-state index in [4.69, 9.17) is 14.2 Å². The van der Waals surface area contributed by atoms with Crippen molar-refractivity contribution in [1.29, 1.82) is 0 Å². The number of aromatic nitrogens is 2. The van der Waals surface area contributed by atoms with E-state index in [1.54, 1.807) is 42.5 Å². The molecule has 128 valence electrons. The summed E-state index contributed by atoms with van der Waals surface area (Å²) < 4.78 is 19.9. The fraction of sp³-hybridized carbons (Fsp3) is 0.176. The van der Waals surface area contributed by atoms with E-state index >= 15 is 0 Å². The van der Waals surface area contributed by atoms with Crippen molar-refractivity contribution in [3.05, 3.63) is 53.6 Å². The number of hydrogen-bond acceptors (Lipinski definition) is 8. The van der Waals surface area contributed by atoms with Gasteiger partial charge in [-0.2, -0.15) is 0 Å². The first-order valence-electron chi connectivity index (χ1n) is 7.39. The third-order valence-corrected chi connectivity index (χ3v) is 4.15. The molecule has 0 N–H and O–H groups in total. The van der Waals surface area contributed by atoms with E-state index < -0.39 is 11.9 Å². The number of nitrogens with zero attached hydrogens (tertiary/aromatic N) is 2. The Morgan fingerprint density at radius 2 is 1.64 bits per heavy atom. The first kappa shape index (κ1) is 16.8. The van der Waals surface area contributed by atoms with E-state index in [1.165, 1.54) is 7.11 Å². The Labute approximate surface area is 147 Å². The summed E-state index contributed by atoms with van der Waals surface area (Å²) in [6, 6.07) is 11.9. The number of esters is 2. The molecule has 25 heavy (non-hydrogen) atoms. The van der Waals surface area contributed by atoms with Gasteiger partial charge in [-0.1, -0.05) is 22.7 Å². The molecule has 0 bridgehead atoms. The highest BCUT2D eigenvalue weighted by Crippen LogP contribution is 2.21. The van der Waals surface area contributed by atoms with Crippen LogP contribution in [-0.2, 0) is 9.47 Å². The van der Waals surface area contributed by atoms with Gasteiger partial charge in [0.15, 0.2) is 0 Å². The quantitative estimate of drug-likeness (QED) is 0.494. The number of rotatable bonds is 6. The molecule has 0 saturated heterocycles. The summed E-state index contributed by atoms with van der Waals surface area (Å²) in [5.41, 5.74) is 1.35. The van der Waals surface area contributed by atoms with Crippen LogP contribution in [0.3, 0.4) is 0 Å². The fourth-order valence-corrected chi connectivity index (χ4v) is 2.87. The van der Waals surface area contributed by atoms with Gasteiger partial charge in [-0.3, -0.25) is 0 Å². The Morgan fingerprint density at radius 3 is 2.40 bits per heavy atom. The first-order chi connectivity index (χ1) is 12.2. The number of fused-ring (bicyclic) bond motifs is 1. The Bertz CT molecular complexity index is 909. The smallest absolute Gasteiger partial charge is 0.342 e. The number of carbonyl (C=O) groups excluding carboxylic acids is 2. The summed E-state index contributed by atoms with van der Waals surface area (Å²) >= 11 is 1.13. The Balaban J connectivity index is 1.54. The summed E-state index contributed by atoms with van der Waals surface area (Å²) in [5, 5.41) is 3.91. The molecule has 1 aromatic heterocycles. The molecule has 1 heterocycles. The third kappa shape index (κ3) is 3.74. The molecule has 8 heteroatoms. The first-order valence-corrected chi connectivity index (χ1v) is 8.16. The van der Waals surface area contributed by atoms with E-state index in [0.717, 1.165) is 11.5 Å². The van der Waals surface area contributed by atoms with Gasteiger partial charge < -0.3 is 14.2 Å². The van der Waals surface area contributed by atoms with Crippen LogP contribution >= 0.6 is 11.5 Å². The predicted octanol–water partition coefficient (Wildman–Crippen LogP) is 2.71. The van der Waals surface area contributed by atoms with E-state index in [0.29, 0.717) is 27.1 Å². The summed E-state index contributed by atoms with van der Waals surface area (Å²) in [6.45, 7) is -0.109. The second-order valence-corrected chi connectivity index (χ2v) is 5.65. The molecule has 0 atom stereocenters. The van der Waals surface area contributed by atoms with Crippen LogP contribution in [0.4, 0.5) is 0 Å². The zero-order valence-electron chi connectivity index (χ0n) is 13.3. The van der Waals surface area contributed by atoms with E-state index in [-0.39, 0.29) is 13.2 Å². The molecule has 3 aromatic rings. The highest BCUT2D eigenvalue weighted by atomic mass is 32.1. The van der Waals surface area contributed by atoms with Gasteiger partial charge in [0, 0.05) is 0 Å². The lowest BCUT2D eigenvalue weighted by atomic mass is 10.2. The molecule has 0 aliphatic rings. The van der Waals surface area contributed by atoms with Crippen LogP contribution in [0, 0.1) is 0 Å². The Morgan fingerprint density at radius 1 is 0.960 bits per heavy atom. The van der Waals surface area contributed by atoms with Crippen molar-refractivity contribution in [2.24, 2.45) is 0 Å². The van der Waals surface area contributed by atoms with Gasteiger partial charge >= 0.3 is 11.9 Å². The lowest BCUT2D eigenvalue weighted by molar-refractivity contribution is 0.0265. The van der Waals surface area contributed by atoms with Gasteiger partial charge in [-0.25, -0.2) is 9.59 Å². The molecule has 0 amide bonds. The molecule has 0 saturated carbocycles. The maximum Gasteiger partial charge on any atom is 0.342 e. The summed E-state index contributed by atoms with van der Waals surface area (Å²) in [7, 11) is 1.47. The second kappa shape index (κ2) is 7.71. The summed E-state index contributed by atoms with van der Waals surface area (Å²) in [6.07, 6.45) is 0. The van der Waals surface area contributed by atoms with Gasteiger partial charge in [0.05, 0.1) is 17.4 Å². The van der Waals surface area contributed by atoms with Gasteiger partial charge in [0.1, 0.15) is 30.0 Å². The maximum atomic E-state index is 12.1. The number of benzene rings is 2. The van der Waals surface area contributed by atoms with Gasteiger partial charge in [0.25, 0.3) is 0 Å². The van der Waals surface area contributed by atoms with Crippen molar-refractivity contribution >= 4 is 33.7 Å². The van der Waals surface area contributed by atoms with Crippen LogP contribution in [0.25, 0.3) is 10.2 Å². The molecule has 2 aromatic carbocycles. The number of hydrogen-bond donors (Lipinski definition) is 0. The number of carbonyl (C=O) groups is 2. The van der Waals surface area contributed by atoms with Crippen LogP contribution in [0.15, 0.2) is 42.5 Å². The predicted molar refractivity (Wildman–Crippen MR) is 91.0 cm³/mol. The zero-order chi connectivity index (χ0) is 17.6. The van der Waals surface area contributed by atoms with Crippen molar-refractivity contribution in [2.45, 2.75) is 0 Å². The van der Waals surface area contributed by atoms with E-state index in [9.17, 15) is 9.59 Å². The molecule has 0 fully saturated rings. The van der Waals surface area contributed by atoms with Crippen molar-refractivity contribution in [2.75, 3.05) is 20.3 Å². The highest BCUT2D eigenvalue weighted by molar-refractivity contribution is 7.13. The van der Waals surface area contributed by atoms with E-state index in [2.05, 4.69) is 9.59 Å². The lowest BCUT2D eigenvalue weighted by Gasteiger charge is -2.09. The van der Waals surface area contributed by atoms with Crippen molar-refractivity contribution in [1.82, 2.24) is 9.59 Å². The molecule has 7 nitrogen and oxygen atoms in total. The minimum absolute atomic E-state index is 0.0532. The van der Waals surface area contributed by atoms with Crippen LogP contribution in [-0.4, -0.2) is 41.8 Å².